The van der Waals surface area contributed by atoms with Gasteiger partial charge in [-0.1, -0.05) is 18.2 Å². The second kappa shape index (κ2) is 6.67. The summed E-state index contributed by atoms with van der Waals surface area (Å²) in [4.78, 5) is 16.4. The highest BCUT2D eigenvalue weighted by molar-refractivity contribution is 5.74. The van der Waals surface area contributed by atoms with Gasteiger partial charge < -0.3 is 8.97 Å². The molecule has 4 nitrogen and oxygen atoms in total. The number of para-hydroxylation sites is 2. The van der Waals surface area contributed by atoms with E-state index in [1.807, 2.05) is 41.1 Å². The van der Waals surface area contributed by atoms with E-state index in [1.54, 1.807) is 24.3 Å². The summed E-state index contributed by atoms with van der Waals surface area (Å²) in [5, 5.41) is 0. The summed E-state index contributed by atoms with van der Waals surface area (Å²) in [6.45, 7) is -0.212. The molecule has 3 aromatic heterocycles. The van der Waals surface area contributed by atoms with E-state index in [0.29, 0.717) is 22.2 Å². The Morgan fingerprint density at radius 1 is 0.897 bits per heavy atom. The van der Waals surface area contributed by atoms with Gasteiger partial charge in [0.15, 0.2) is 0 Å². The van der Waals surface area contributed by atoms with Crippen LogP contribution in [0.15, 0.2) is 84.0 Å². The minimum Gasteiger partial charge on any atom is -0.323 e. The minimum atomic E-state index is -0.694. The average molecular weight is 387 g/mol. The van der Waals surface area contributed by atoms with E-state index in [9.17, 15) is 13.6 Å². The van der Waals surface area contributed by atoms with Crippen LogP contribution < -0.4 is 5.56 Å². The van der Waals surface area contributed by atoms with Crippen LogP contribution >= 0.6 is 0 Å². The quantitative estimate of drug-likeness (QED) is 0.452. The smallest absolute Gasteiger partial charge is 0.269 e. The molecule has 0 fully saturated rings. The lowest BCUT2D eigenvalue weighted by Crippen LogP contribution is -2.22. The SMILES string of the molecule is O=c1cnc2ccccc2n1Cc1c(F)cc(-c2ccc3cccn3c2)cc1F. The summed E-state index contributed by atoms with van der Waals surface area (Å²) in [6.07, 6.45) is 4.86. The normalized spacial score (nSPS) is 11.4. The summed E-state index contributed by atoms with van der Waals surface area (Å²) in [6, 6.07) is 17.2. The van der Waals surface area contributed by atoms with Gasteiger partial charge in [-0.2, -0.15) is 0 Å². The fourth-order valence-corrected chi connectivity index (χ4v) is 3.56. The molecule has 142 valence electrons. The zero-order valence-corrected chi connectivity index (χ0v) is 15.2. The van der Waals surface area contributed by atoms with Crippen LogP contribution in [-0.2, 0) is 6.54 Å². The molecule has 5 rings (SSSR count). The summed E-state index contributed by atoms with van der Waals surface area (Å²) in [5.74, 6) is -1.39. The lowest BCUT2D eigenvalue weighted by atomic mass is 10.0. The van der Waals surface area contributed by atoms with Gasteiger partial charge in [-0.3, -0.25) is 4.79 Å². The topological polar surface area (TPSA) is 39.3 Å². The Hall–Kier alpha value is -3.80. The highest BCUT2D eigenvalue weighted by Gasteiger charge is 2.15. The highest BCUT2D eigenvalue weighted by Crippen LogP contribution is 2.26. The maximum absolute atomic E-state index is 14.9. The number of fused-ring (bicyclic) bond motifs is 2. The summed E-state index contributed by atoms with van der Waals surface area (Å²) < 4.78 is 33.0. The Kier molecular flexibility index (Phi) is 3.98. The molecule has 0 aliphatic heterocycles. The lowest BCUT2D eigenvalue weighted by Gasteiger charge is -2.12. The highest BCUT2D eigenvalue weighted by atomic mass is 19.1. The number of hydrogen-bond acceptors (Lipinski definition) is 2. The van der Waals surface area contributed by atoms with Crippen LogP contribution in [0.3, 0.4) is 0 Å². The molecule has 0 aliphatic carbocycles. The van der Waals surface area contributed by atoms with Crippen LogP contribution in [0.25, 0.3) is 27.7 Å². The van der Waals surface area contributed by atoms with Crippen molar-refractivity contribution in [3.05, 3.63) is 107 Å². The Bertz CT molecular complexity index is 1410. The van der Waals surface area contributed by atoms with Gasteiger partial charge in [0.1, 0.15) is 11.6 Å². The molecule has 0 atom stereocenters. The second-order valence-corrected chi connectivity index (χ2v) is 6.85. The van der Waals surface area contributed by atoms with Gasteiger partial charge in [0.2, 0.25) is 0 Å². The zero-order chi connectivity index (χ0) is 20.0. The molecular formula is C23H15F2N3O. The Morgan fingerprint density at radius 2 is 1.69 bits per heavy atom. The van der Waals surface area contributed by atoms with Gasteiger partial charge in [-0.05, 0) is 53.6 Å². The molecular weight excluding hydrogens is 372 g/mol. The van der Waals surface area contributed by atoms with Gasteiger partial charge in [0.05, 0.1) is 23.8 Å². The number of halogens is 2. The monoisotopic (exact) mass is 387 g/mol. The summed E-state index contributed by atoms with van der Waals surface area (Å²) in [5.41, 5.74) is 2.68. The van der Waals surface area contributed by atoms with Crippen LogP contribution in [0.1, 0.15) is 5.56 Å². The number of rotatable bonds is 3. The molecule has 0 bridgehead atoms. The number of aromatic nitrogens is 3. The van der Waals surface area contributed by atoms with Crippen molar-refractivity contribution in [2.75, 3.05) is 0 Å². The number of nitrogens with zero attached hydrogens (tertiary/aromatic N) is 3. The molecule has 2 aromatic carbocycles. The number of benzene rings is 2. The molecule has 0 amide bonds. The fraction of sp³-hybridized carbons (Fsp3) is 0.0435. The maximum atomic E-state index is 14.9. The molecule has 3 heterocycles. The molecule has 5 aromatic rings. The van der Waals surface area contributed by atoms with E-state index in [-0.39, 0.29) is 12.1 Å². The van der Waals surface area contributed by atoms with E-state index in [0.717, 1.165) is 5.52 Å². The third-order valence-corrected chi connectivity index (χ3v) is 5.07. The molecule has 6 heteroatoms. The van der Waals surface area contributed by atoms with Gasteiger partial charge in [-0.15, -0.1) is 0 Å². The fourth-order valence-electron chi connectivity index (χ4n) is 3.56. The summed E-state index contributed by atoms with van der Waals surface area (Å²) >= 11 is 0. The van der Waals surface area contributed by atoms with Crippen molar-refractivity contribution in [3.63, 3.8) is 0 Å². The Morgan fingerprint density at radius 3 is 2.52 bits per heavy atom. The first-order valence-electron chi connectivity index (χ1n) is 9.10. The standard InChI is InChI=1S/C23H15F2N3O/c24-19-10-16(15-7-8-17-4-3-9-27(17)13-15)11-20(25)18(19)14-28-22-6-2-1-5-21(22)26-12-23(28)29/h1-13H,14H2. The van der Waals surface area contributed by atoms with Crippen LogP contribution in [0, 0.1) is 11.6 Å². The molecule has 0 saturated heterocycles. The third kappa shape index (κ3) is 2.99. The van der Waals surface area contributed by atoms with E-state index >= 15 is 0 Å². The van der Waals surface area contributed by atoms with Crippen molar-refractivity contribution in [2.45, 2.75) is 6.54 Å². The van der Waals surface area contributed by atoms with Gasteiger partial charge in [0.25, 0.3) is 5.56 Å². The van der Waals surface area contributed by atoms with Crippen molar-refractivity contribution >= 4 is 16.6 Å². The lowest BCUT2D eigenvalue weighted by molar-refractivity contribution is 0.545. The van der Waals surface area contributed by atoms with Crippen molar-refractivity contribution < 1.29 is 8.78 Å². The minimum absolute atomic E-state index is 0.158. The van der Waals surface area contributed by atoms with Gasteiger partial charge >= 0.3 is 0 Å². The van der Waals surface area contributed by atoms with Crippen molar-refractivity contribution in [1.29, 1.82) is 0 Å². The van der Waals surface area contributed by atoms with E-state index in [4.69, 9.17) is 0 Å². The van der Waals surface area contributed by atoms with Crippen molar-refractivity contribution in [3.8, 4) is 11.1 Å². The largest absolute Gasteiger partial charge is 0.323 e. The maximum Gasteiger partial charge on any atom is 0.269 e. The third-order valence-electron chi connectivity index (χ3n) is 5.07. The Balaban J connectivity index is 1.59. The van der Waals surface area contributed by atoms with Crippen LogP contribution in [0.5, 0.6) is 0 Å². The molecule has 0 spiro atoms. The molecule has 0 saturated carbocycles. The molecule has 0 radical (unpaired) electrons. The van der Waals surface area contributed by atoms with Crippen LogP contribution in [0.4, 0.5) is 8.78 Å². The van der Waals surface area contributed by atoms with Gasteiger partial charge in [0, 0.05) is 23.5 Å². The second-order valence-electron chi connectivity index (χ2n) is 6.85. The number of hydrogen-bond donors (Lipinski definition) is 0. The first-order valence-corrected chi connectivity index (χ1v) is 9.10. The van der Waals surface area contributed by atoms with Crippen LogP contribution in [-0.4, -0.2) is 14.0 Å². The predicted molar refractivity (Wildman–Crippen MR) is 108 cm³/mol. The van der Waals surface area contributed by atoms with E-state index in [2.05, 4.69) is 4.98 Å². The first-order chi connectivity index (χ1) is 14.1. The predicted octanol–water partition coefficient (Wildman–Crippen LogP) is 4.64. The zero-order valence-electron chi connectivity index (χ0n) is 15.2. The van der Waals surface area contributed by atoms with E-state index in [1.165, 1.54) is 22.9 Å². The number of pyridine rings is 1. The Labute approximate surface area is 164 Å². The summed E-state index contributed by atoms with van der Waals surface area (Å²) in [7, 11) is 0. The van der Waals surface area contributed by atoms with Crippen LogP contribution in [0.2, 0.25) is 0 Å². The molecule has 0 unspecified atom stereocenters. The van der Waals surface area contributed by atoms with E-state index < -0.39 is 17.2 Å². The first kappa shape index (κ1) is 17.3. The average Bonchev–Trinajstić information content (AvgIpc) is 3.19. The molecule has 29 heavy (non-hydrogen) atoms. The molecule has 0 N–H and O–H groups in total. The van der Waals surface area contributed by atoms with Gasteiger partial charge in [-0.25, -0.2) is 13.8 Å². The molecule has 0 aliphatic rings. The van der Waals surface area contributed by atoms with Crippen molar-refractivity contribution in [2.24, 2.45) is 0 Å². The van der Waals surface area contributed by atoms with Crippen molar-refractivity contribution in [1.82, 2.24) is 14.0 Å².